The maximum Gasteiger partial charge on any atom is 0.222 e. The molecule has 2 heterocycles. The molecular formula is C23H33IN6O2. The molecule has 9 heteroatoms. The first kappa shape index (κ1) is 25.7. The van der Waals surface area contributed by atoms with E-state index in [0.29, 0.717) is 32.2 Å². The molecule has 1 aromatic heterocycles. The quantitative estimate of drug-likeness (QED) is 0.264. The number of nitrogens with one attached hydrogen (secondary N) is 2. The predicted octanol–water partition coefficient (Wildman–Crippen LogP) is 2.67. The minimum Gasteiger partial charge on any atom is -0.494 e. The number of benzene rings is 1. The third-order valence-corrected chi connectivity index (χ3v) is 5.38. The highest BCUT2D eigenvalue weighted by Gasteiger charge is 2.26. The van der Waals surface area contributed by atoms with Gasteiger partial charge in [0.1, 0.15) is 11.6 Å². The van der Waals surface area contributed by atoms with Crippen LogP contribution in [0.5, 0.6) is 5.75 Å². The van der Waals surface area contributed by atoms with Crippen molar-refractivity contribution in [3.63, 3.8) is 0 Å². The average molecular weight is 552 g/mol. The molecule has 174 valence electrons. The van der Waals surface area contributed by atoms with E-state index in [2.05, 4.69) is 25.5 Å². The summed E-state index contributed by atoms with van der Waals surface area (Å²) in [5.74, 6) is 2.08. The van der Waals surface area contributed by atoms with Gasteiger partial charge in [-0.25, -0.2) is 4.98 Å². The number of carbonyl (C=O) groups excluding carboxylic acids is 1. The lowest BCUT2D eigenvalue weighted by Gasteiger charge is -2.33. The molecule has 1 unspecified atom stereocenters. The lowest BCUT2D eigenvalue weighted by molar-refractivity contribution is -0.122. The fraction of sp³-hybridized carbons (Fsp3) is 0.435. The second kappa shape index (κ2) is 13.1. The van der Waals surface area contributed by atoms with Crippen molar-refractivity contribution in [1.29, 1.82) is 0 Å². The SMILES string of the molecule is CCOc1ccccc1CNC(=NC)NCc1cccnc1N1CCCC(C(N)=O)C1.I. The van der Waals surface area contributed by atoms with Gasteiger partial charge in [-0.3, -0.25) is 9.79 Å². The van der Waals surface area contributed by atoms with Gasteiger partial charge in [0, 0.05) is 50.6 Å². The van der Waals surface area contributed by atoms with Crippen LogP contribution in [0.3, 0.4) is 0 Å². The zero-order valence-electron chi connectivity index (χ0n) is 18.7. The van der Waals surface area contributed by atoms with Gasteiger partial charge in [-0.2, -0.15) is 0 Å². The van der Waals surface area contributed by atoms with Crippen LogP contribution in [0.4, 0.5) is 5.82 Å². The summed E-state index contributed by atoms with van der Waals surface area (Å²) >= 11 is 0. The molecule has 1 saturated heterocycles. The number of hydrogen-bond acceptors (Lipinski definition) is 5. The largest absolute Gasteiger partial charge is 0.494 e. The number of ether oxygens (including phenoxy) is 1. The molecule has 2 aromatic rings. The molecule has 1 amide bonds. The van der Waals surface area contributed by atoms with E-state index in [1.807, 2.05) is 43.3 Å². The molecule has 1 fully saturated rings. The molecule has 0 bridgehead atoms. The van der Waals surface area contributed by atoms with Crippen molar-refractivity contribution < 1.29 is 9.53 Å². The van der Waals surface area contributed by atoms with E-state index in [1.54, 1.807) is 13.2 Å². The summed E-state index contributed by atoms with van der Waals surface area (Å²) in [6.45, 7) is 5.25. The van der Waals surface area contributed by atoms with Crippen molar-refractivity contribution in [2.24, 2.45) is 16.6 Å². The Hall–Kier alpha value is -2.56. The molecule has 1 aromatic carbocycles. The van der Waals surface area contributed by atoms with Crippen molar-refractivity contribution in [2.45, 2.75) is 32.9 Å². The van der Waals surface area contributed by atoms with E-state index in [1.165, 1.54) is 0 Å². The summed E-state index contributed by atoms with van der Waals surface area (Å²) in [6, 6.07) is 11.9. The molecule has 0 radical (unpaired) electrons. The standard InChI is InChI=1S/C23H32N6O2.HI/c1-3-31-20-11-5-4-8-17(20)14-27-23(25-2)28-15-18-9-6-12-26-22(18)29-13-7-10-19(16-29)21(24)30;/h4-6,8-9,11-12,19H,3,7,10,13-16H2,1-2H3,(H2,24,30)(H2,25,27,28);1H. The average Bonchev–Trinajstić information content (AvgIpc) is 2.80. The van der Waals surface area contributed by atoms with Crippen molar-refractivity contribution in [2.75, 3.05) is 31.6 Å². The van der Waals surface area contributed by atoms with Gasteiger partial charge in [0.15, 0.2) is 5.96 Å². The smallest absolute Gasteiger partial charge is 0.222 e. The van der Waals surface area contributed by atoms with Crippen molar-refractivity contribution in [1.82, 2.24) is 15.6 Å². The molecule has 3 rings (SSSR count). The normalized spacial score (nSPS) is 16.1. The van der Waals surface area contributed by atoms with Crippen LogP contribution in [0.15, 0.2) is 47.6 Å². The number of primary amides is 1. The second-order valence-electron chi connectivity index (χ2n) is 7.49. The number of para-hydroxylation sites is 1. The van der Waals surface area contributed by atoms with Gasteiger partial charge >= 0.3 is 0 Å². The highest BCUT2D eigenvalue weighted by atomic mass is 127. The van der Waals surface area contributed by atoms with Crippen molar-refractivity contribution in [3.8, 4) is 5.75 Å². The molecule has 1 atom stereocenters. The third kappa shape index (κ3) is 6.98. The van der Waals surface area contributed by atoms with E-state index in [-0.39, 0.29) is 35.8 Å². The Bertz CT molecular complexity index is 908. The summed E-state index contributed by atoms with van der Waals surface area (Å²) in [5.41, 5.74) is 7.66. The van der Waals surface area contributed by atoms with E-state index >= 15 is 0 Å². The summed E-state index contributed by atoms with van der Waals surface area (Å²) in [6.07, 6.45) is 3.55. The number of piperidine rings is 1. The number of nitrogens with zero attached hydrogens (tertiary/aromatic N) is 3. The number of nitrogens with two attached hydrogens (primary N) is 1. The highest BCUT2D eigenvalue weighted by Crippen LogP contribution is 2.24. The van der Waals surface area contributed by atoms with Gasteiger partial charge in [-0.05, 0) is 31.9 Å². The first-order valence-corrected chi connectivity index (χ1v) is 10.8. The molecular weight excluding hydrogens is 519 g/mol. The van der Waals surface area contributed by atoms with E-state index in [4.69, 9.17) is 10.5 Å². The Morgan fingerprint density at radius 3 is 2.66 bits per heavy atom. The zero-order valence-corrected chi connectivity index (χ0v) is 21.0. The predicted molar refractivity (Wildman–Crippen MR) is 138 cm³/mol. The third-order valence-electron chi connectivity index (χ3n) is 5.38. The van der Waals surface area contributed by atoms with Gasteiger partial charge < -0.3 is 26.0 Å². The van der Waals surface area contributed by atoms with E-state index in [0.717, 1.165) is 42.1 Å². The van der Waals surface area contributed by atoms with Gasteiger partial charge in [0.2, 0.25) is 5.91 Å². The van der Waals surface area contributed by atoms with Crippen LogP contribution in [0.2, 0.25) is 0 Å². The number of aromatic nitrogens is 1. The lowest BCUT2D eigenvalue weighted by Crippen LogP contribution is -2.42. The maximum atomic E-state index is 11.7. The Morgan fingerprint density at radius 2 is 1.94 bits per heavy atom. The Labute approximate surface area is 207 Å². The number of aliphatic imine (C=N–C) groups is 1. The van der Waals surface area contributed by atoms with Gasteiger partial charge in [0.05, 0.1) is 12.5 Å². The van der Waals surface area contributed by atoms with Gasteiger partial charge in [-0.15, -0.1) is 24.0 Å². The van der Waals surface area contributed by atoms with Crippen LogP contribution in [0.25, 0.3) is 0 Å². The number of halogens is 1. The lowest BCUT2D eigenvalue weighted by atomic mass is 9.97. The maximum absolute atomic E-state index is 11.7. The van der Waals surface area contributed by atoms with Gasteiger partial charge in [-0.1, -0.05) is 24.3 Å². The number of anilines is 1. The van der Waals surface area contributed by atoms with Crippen LogP contribution >= 0.6 is 24.0 Å². The summed E-state index contributed by atoms with van der Waals surface area (Å²) in [7, 11) is 1.75. The molecule has 32 heavy (non-hydrogen) atoms. The molecule has 1 aliphatic rings. The fourth-order valence-electron chi connectivity index (χ4n) is 3.78. The molecule has 1 aliphatic heterocycles. The first-order valence-electron chi connectivity index (χ1n) is 10.8. The number of carbonyl (C=O) groups is 1. The first-order chi connectivity index (χ1) is 15.1. The van der Waals surface area contributed by atoms with Crippen molar-refractivity contribution >= 4 is 41.7 Å². The summed E-state index contributed by atoms with van der Waals surface area (Å²) in [5, 5.41) is 6.70. The molecule has 8 nitrogen and oxygen atoms in total. The summed E-state index contributed by atoms with van der Waals surface area (Å²) < 4.78 is 5.69. The van der Waals surface area contributed by atoms with Gasteiger partial charge in [0.25, 0.3) is 0 Å². The zero-order chi connectivity index (χ0) is 22.1. The summed E-state index contributed by atoms with van der Waals surface area (Å²) in [4.78, 5) is 22.7. The van der Waals surface area contributed by atoms with Crippen LogP contribution < -0.4 is 26.0 Å². The molecule has 0 saturated carbocycles. The van der Waals surface area contributed by atoms with Crippen LogP contribution in [0.1, 0.15) is 30.9 Å². The van der Waals surface area contributed by atoms with Crippen molar-refractivity contribution in [3.05, 3.63) is 53.7 Å². The second-order valence-corrected chi connectivity index (χ2v) is 7.49. The van der Waals surface area contributed by atoms with Crippen LogP contribution in [-0.4, -0.2) is 43.6 Å². The Balaban J connectivity index is 0.00000363. The van der Waals surface area contributed by atoms with E-state index < -0.39 is 0 Å². The molecule has 0 aliphatic carbocycles. The Kier molecular flexibility index (Phi) is 10.5. The molecule has 0 spiro atoms. The minimum atomic E-state index is -0.239. The number of hydrogen-bond donors (Lipinski definition) is 3. The molecule has 4 N–H and O–H groups in total. The number of rotatable bonds is 8. The minimum absolute atomic E-state index is 0. The number of pyridine rings is 1. The fourth-order valence-corrected chi connectivity index (χ4v) is 3.78. The highest BCUT2D eigenvalue weighted by molar-refractivity contribution is 14.0. The van der Waals surface area contributed by atoms with E-state index in [9.17, 15) is 4.79 Å². The topological polar surface area (TPSA) is 105 Å². The monoisotopic (exact) mass is 552 g/mol. The number of guanidine groups is 1. The Morgan fingerprint density at radius 1 is 1.22 bits per heavy atom. The van der Waals surface area contributed by atoms with Crippen LogP contribution in [-0.2, 0) is 17.9 Å². The number of amides is 1. The van der Waals surface area contributed by atoms with Crippen LogP contribution in [0, 0.1) is 5.92 Å².